The Bertz CT molecular complexity index is 338. The number of hydrogen-bond donors (Lipinski definition) is 1. The molecule has 1 N–H and O–H groups in total. The SMILES string of the molecule is Cl.O=Cc1ccccc1OC1CCNCC1. The second-order valence-corrected chi connectivity index (χ2v) is 3.72. The number of piperidine rings is 1. The van der Waals surface area contributed by atoms with Gasteiger partial charge in [-0.25, -0.2) is 0 Å². The normalized spacial score (nSPS) is 16.2. The lowest BCUT2D eigenvalue weighted by Crippen LogP contribution is -2.34. The van der Waals surface area contributed by atoms with Gasteiger partial charge in [-0.15, -0.1) is 12.4 Å². The van der Waals surface area contributed by atoms with Crippen LogP contribution in [0.3, 0.4) is 0 Å². The molecular formula is C12H16ClNO2. The molecule has 0 atom stereocenters. The van der Waals surface area contributed by atoms with E-state index in [-0.39, 0.29) is 18.5 Å². The van der Waals surface area contributed by atoms with Crippen LogP contribution in [-0.2, 0) is 0 Å². The van der Waals surface area contributed by atoms with Gasteiger partial charge < -0.3 is 10.1 Å². The Balaban J connectivity index is 0.00000128. The summed E-state index contributed by atoms with van der Waals surface area (Å²) < 4.78 is 5.81. The monoisotopic (exact) mass is 241 g/mol. The van der Waals surface area contributed by atoms with Crippen LogP contribution in [0, 0.1) is 0 Å². The first-order chi connectivity index (χ1) is 7.40. The van der Waals surface area contributed by atoms with Gasteiger partial charge in [-0.1, -0.05) is 12.1 Å². The standard InChI is InChI=1S/C12H15NO2.ClH/c14-9-10-3-1-2-4-12(10)15-11-5-7-13-8-6-11;/h1-4,9,11,13H,5-8H2;1H. The zero-order chi connectivity index (χ0) is 10.5. The molecule has 0 spiro atoms. The summed E-state index contributed by atoms with van der Waals surface area (Å²) in [6.45, 7) is 1.99. The van der Waals surface area contributed by atoms with Crippen molar-refractivity contribution >= 4 is 18.7 Å². The number of para-hydroxylation sites is 1. The molecule has 16 heavy (non-hydrogen) atoms. The molecule has 0 amide bonds. The van der Waals surface area contributed by atoms with E-state index >= 15 is 0 Å². The third-order valence-electron chi connectivity index (χ3n) is 2.63. The van der Waals surface area contributed by atoms with Gasteiger partial charge in [0.15, 0.2) is 6.29 Å². The lowest BCUT2D eigenvalue weighted by atomic mass is 10.1. The predicted molar refractivity (Wildman–Crippen MR) is 65.6 cm³/mol. The van der Waals surface area contributed by atoms with Gasteiger partial charge in [0.2, 0.25) is 0 Å². The topological polar surface area (TPSA) is 38.3 Å². The zero-order valence-electron chi connectivity index (χ0n) is 9.02. The Labute approximate surface area is 102 Å². The van der Waals surface area contributed by atoms with Crippen LogP contribution >= 0.6 is 12.4 Å². The van der Waals surface area contributed by atoms with Crippen LogP contribution < -0.4 is 10.1 Å². The van der Waals surface area contributed by atoms with Crippen LogP contribution in [-0.4, -0.2) is 25.5 Å². The second-order valence-electron chi connectivity index (χ2n) is 3.72. The number of carbonyl (C=O) groups excluding carboxylic acids is 1. The van der Waals surface area contributed by atoms with Crippen LogP contribution in [0.2, 0.25) is 0 Å². The molecule has 1 aromatic rings. The molecule has 2 rings (SSSR count). The summed E-state index contributed by atoms with van der Waals surface area (Å²) in [5.41, 5.74) is 0.635. The Morgan fingerprint density at radius 1 is 1.25 bits per heavy atom. The molecule has 0 radical (unpaired) electrons. The molecule has 1 heterocycles. The summed E-state index contributed by atoms with van der Waals surface area (Å²) >= 11 is 0. The molecule has 0 aliphatic carbocycles. The minimum atomic E-state index is 0. The second kappa shape index (κ2) is 6.51. The van der Waals surface area contributed by atoms with Gasteiger partial charge in [-0.05, 0) is 38.1 Å². The number of hydrogen-bond acceptors (Lipinski definition) is 3. The van der Waals surface area contributed by atoms with Crippen LogP contribution in [0.1, 0.15) is 23.2 Å². The molecule has 1 fully saturated rings. The van der Waals surface area contributed by atoms with Gasteiger partial charge in [0.25, 0.3) is 0 Å². The first-order valence-corrected chi connectivity index (χ1v) is 5.32. The molecule has 1 aliphatic rings. The maximum absolute atomic E-state index is 10.8. The highest BCUT2D eigenvalue weighted by Crippen LogP contribution is 2.20. The van der Waals surface area contributed by atoms with Crippen molar-refractivity contribution in [3.05, 3.63) is 29.8 Å². The van der Waals surface area contributed by atoms with E-state index in [9.17, 15) is 4.79 Å². The maximum Gasteiger partial charge on any atom is 0.153 e. The van der Waals surface area contributed by atoms with Crippen molar-refractivity contribution in [1.29, 1.82) is 0 Å². The van der Waals surface area contributed by atoms with E-state index in [4.69, 9.17) is 4.74 Å². The van der Waals surface area contributed by atoms with Gasteiger partial charge in [-0.3, -0.25) is 4.79 Å². The Morgan fingerprint density at radius 3 is 2.62 bits per heavy atom. The van der Waals surface area contributed by atoms with Crippen LogP contribution in [0.25, 0.3) is 0 Å². The average Bonchev–Trinajstić information content (AvgIpc) is 2.31. The lowest BCUT2D eigenvalue weighted by Gasteiger charge is -2.24. The largest absolute Gasteiger partial charge is 0.490 e. The number of halogens is 1. The van der Waals surface area contributed by atoms with E-state index in [0.717, 1.165) is 32.2 Å². The first-order valence-electron chi connectivity index (χ1n) is 5.32. The molecule has 0 aromatic heterocycles. The lowest BCUT2D eigenvalue weighted by molar-refractivity contribution is 0.111. The Hall–Kier alpha value is -1.06. The fourth-order valence-electron chi connectivity index (χ4n) is 1.78. The number of carbonyl (C=O) groups is 1. The van der Waals surface area contributed by atoms with E-state index in [1.807, 2.05) is 18.2 Å². The molecular weight excluding hydrogens is 226 g/mol. The van der Waals surface area contributed by atoms with Crippen LogP contribution in [0.5, 0.6) is 5.75 Å². The van der Waals surface area contributed by atoms with E-state index in [1.165, 1.54) is 0 Å². The molecule has 3 nitrogen and oxygen atoms in total. The van der Waals surface area contributed by atoms with Crippen molar-refractivity contribution in [3.63, 3.8) is 0 Å². The number of benzene rings is 1. The van der Waals surface area contributed by atoms with Crippen molar-refractivity contribution in [1.82, 2.24) is 5.32 Å². The highest BCUT2D eigenvalue weighted by molar-refractivity contribution is 5.85. The van der Waals surface area contributed by atoms with Crippen molar-refractivity contribution in [2.45, 2.75) is 18.9 Å². The molecule has 4 heteroatoms. The van der Waals surface area contributed by atoms with Crippen molar-refractivity contribution < 1.29 is 9.53 Å². The Kier molecular flexibility index (Phi) is 5.29. The van der Waals surface area contributed by atoms with E-state index in [0.29, 0.717) is 11.3 Å². The third-order valence-corrected chi connectivity index (χ3v) is 2.63. The number of aldehydes is 1. The molecule has 0 saturated carbocycles. The van der Waals surface area contributed by atoms with Gasteiger partial charge in [0.05, 0.1) is 5.56 Å². The smallest absolute Gasteiger partial charge is 0.153 e. The minimum Gasteiger partial charge on any atom is -0.490 e. The molecule has 1 aromatic carbocycles. The molecule has 0 bridgehead atoms. The fourth-order valence-corrected chi connectivity index (χ4v) is 1.78. The highest BCUT2D eigenvalue weighted by Gasteiger charge is 2.15. The average molecular weight is 242 g/mol. The van der Waals surface area contributed by atoms with E-state index in [1.54, 1.807) is 6.07 Å². The van der Waals surface area contributed by atoms with Crippen LogP contribution in [0.15, 0.2) is 24.3 Å². The van der Waals surface area contributed by atoms with Gasteiger partial charge >= 0.3 is 0 Å². The highest BCUT2D eigenvalue weighted by atomic mass is 35.5. The summed E-state index contributed by atoms with van der Waals surface area (Å²) in [6.07, 6.45) is 3.10. The summed E-state index contributed by atoms with van der Waals surface area (Å²) in [6, 6.07) is 7.37. The number of ether oxygens (including phenoxy) is 1. The zero-order valence-corrected chi connectivity index (χ0v) is 9.83. The van der Waals surface area contributed by atoms with E-state index in [2.05, 4.69) is 5.32 Å². The number of rotatable bonds is 3. The van der Waals surface area contributed by atoms with Crippen molar-refractivity contribution in [2.75, 3.05) is 13.1 Å². The van der Waals surface area contributed by atoms with E-state index < -0.39 is 0 Å². The summed E-state index contributed by atoms with van der Waals surface area (Å²) in [5.74, 6) is 0.708. The van der Waals surface area contributed by atoms with Gasteiger partial charge in [0, 0.05) is 0 Å². The first kappa shape index (κ1) is 13.0. The molecule has 1 aliphatic heterocycles. The quantitative estimate of drug-likeness (QED) is 0.824. The summed E-state index contributed by atoms with van der Waals surface area (Å²) in [5, 5.41) is 3.28. The number of nitrogens with one attached hydrogen (secondary N) is 1. The molecule has 0 unspecified atom stereocenters. The Morgan fingerprint density at radius 2 is 1.94 bits per heavy atom. The molecule has 88 valence electrons. The van der Waals surface area contributed by atoms with Gasteiger partial charge in [0.1, 0.15) is 11.9 Å². The van der Waals surface area contributed by atoms with Crippen molar-refractivity contribution in [3.8, 4) is 5.75 Å². The van der Waals surface area contributed by atoms with Crippen LogP contribution in [0.4, 0.5) is 0 Å². The molecule has 1 saturated heterocycles. The predicted octanol–water partition coefficient (Wildman–Crippen LogP) is 2.05. The van der Waals surface area contributed by atoms with Gasteiger partial charge in [-0.2, -0.15) is 0 Å². The minimum absolute atomic E-state index is 0. The van der Waals surface area contributed by atoms with Crippen molar-refractivity contribution in [2.24, 2.45) is 0 Å². The summed E-state index contributed by atoms with van der Waals surface area (Å²) in [7, 11) is 0. The maximum atomic E-state index is 10.8. The fraction of sp³-hybridized carbons (Fsp3) is 0.417. The summed E-state index contributed by atoms with van der Waals surface area (Å²) in [4.78, 5) is 10.8. The third kappa shape index (κ3) is 3.22.